The molecule has 1 aliphatic heterocycles. The van der Waals surface area contributed by atoms with Gasteiger partial charge in [0.25, 0.3) is 5.91 Å². The van der Waals surface area contributed by atoms with Gasteiger partial charge in [-0.1, -0.05) is 30.3 Å². The van der Waals surface area contributed by atoms with E-state index in [2.05, 4.69) is 0 Å². The zero-order valence-corrected chi connectivity index (χ0v) is 16.7. The monoisotopic (exact) mass is 406 g/mol. The van der Waals surface area contributed by atoms with E-state index in [1.165, 1.54) is 16.4 Å². The Hall–Kier alpha value is -2.29. The van der Waals surface area contributed by atoms with Crippen LogP contribution in [0.1, 0.15) is 5.56 Å². The molecule has 8 heteroatoms. The maximum atomic E-state index is 13.3. The third-order valence-corrected chi connectivity index (χ3v) is 6.73. The Labute approximate surface area is 165 Å². The van der Waals surface area contributed by atoms with Gasteiger partial charge in [0, 0.05) is 31.7 Å². The molecule has 0 aliphatic carbocycles. The van der Waals surface area contributed by atoms with E-state index in [4.69, 9.17) is 0 Å². The highest BCUT2D eigenvalue weighted by Gasteiger charge is 2.30. The number of hydrogen-bond acceptors (Lipinski definition) is 3. The molecule has 0 saturated carbocycles. The number of benzene rings is 2. The van der Waals surface area contributed by atoms with Gasteiger partial charge in [-0.2, -0.15) is 4.31 Å². The molecule has 1 atom stereocenters. The Morgan fingerprint density at radius 2 is 1.71 bits per heavy atom. The molecule has 1 amide bonds. The summed E-state index contributed by atoms with van der Waals surface area (Å²) in [6.07, 6.45) is 0. The fourth-order valence-electron chi connectivity index (χ4n) is 3.35. The van der Waals surface area contributed by atoms with Gasteiger partial charge in [0.2, 0.25) is 10.0 Å². The number of carbonyl (C=O) groups excluding carboxylic acids is 1. The van der Waals surface area contributed by atoms with Gasteiger partial charge in [-0.3, -0.25) is 4.79 Å². The quantitative estimate of drug-likeness (QED) is 0.754. The van der Waals surface area contributed by atoms with Crippen LogP contribution in [0.25, 0.3) is 0 Å². The van der Waals surface area contributed by atoms with Crippen LogP contribution in [-0.2, 0) is 21.4 Å². The van der Waals surface area contributed by atoms with E-state index in [1.54, 1.807) is 41.3 Å². The van der Waals surface area contributed by atoms with E-state index in [9.17, 15) is 17.6 Å². The first-order valence-corrected chi connectivity index (χ1v) is 10.7. The number of rotatable bonds is 6. The van der Waals surface area contributed by atoms with Crippen molar-refractivity contribution in [3.05, 3.63) is 66.0 Å². The topological polar surface area (TPSA) is 62.1 Å². The number of nitrogens with one attached hydrogen (secondary N) is 1. The van der Waals surface area contributed by atoms with E-state index in [1.807, 2.05) is 13.1 Å². The van der Waals surface area contributed by atoms with Crippen LogP contribution in [0.15, 0.2) is 59.5 Å². The van der Waals surface area contributed by atoms with Gasteiger partial charge in [-0.05, 0) is 24.3 Å². The summed E-state index contributed by atoms with van der Waals surface area (Å²) in [4.78, 5) is 15.5. The highest BCUT2D eigenvalue weighted by molar-refractivity contribution is 7.89. The molecule has 2 aromatic rings. The van der Waals surface area contributed by atoms with Crippen LogP contribution in [-0.4, -0.2) is 63.3 Å². The molecule has 1 unspecified atom stereocenters. The fourth-order valence-corrected chi connectivity index (χ4v) is 4.79. The second-order valence-corrected chi connectivity index (χ2v) is 8.98. The van der Waals surface area contributed by atoms with Gasteiger partial charge in [0.05, 0.1) is 11.9 Å². The minimum Gasteiger partial charge on any atom is -0.335 e. The van der Waals surface area contributed by atoms with Crippen molar-refractivity contribution < 1.29 is 22.5 Å². The first-order chi connectivity index (χ1) is 13.4. The fraction of sp³-hybridized carbons (Fsp3) is 0.350. The van der Waals surface area contributed by atoms with Crippen molar-refractivity contribution in [1.82, 2.24) is 9.21 Å². The van der Waals surface area contributed by atoms with Crippen LogP contribution in [0, 0.1) is 5.82 Å². The molecular formula is C20H25FN3O3S+. The van der Waals surface area contributed by atoms with Crippen molar-refractivity contribution in [1.29, 1.82) is 0 Å². The second-order valence-electron chi connectivity index (χ2n) is 7.04. The first kappa shape index (κ1) is 20.4. The minimum atomic E-state index is -3.52. The number of nitrogens with zero attached hydrogens (tertiary/aromatic N) is 2. The van der Waals surface area contributed by atoms with Gasteiger partial charge in [0.15, 0.2) is 6.54 Å². The number of sulfonamides is 1. The van der Waals surface area contributed by atoms with E-state index < -0.39 is 10.0 Å². The molecule has 0 radical (unpaired) electrons. The maximum absolute atomic E-state index is 13.3. The molecule has 0 aromatic heterocycles. The van der Waals surface area contributed by atoms with E-state index in [0.717, 1.165) is 10.5 Å². The molecular weight excluding hydrogens is 381 g/mol. The third kappa shape index (κ3) is 4.95. The molecule has 28 heavy (non-hydrogen) atoms. The van der Waals surface area contributed by atoms with Crippen LogP contribution in [0.5, 0.6) is 0 Å². The highest BCUT2D eigenvalue weighted by atomic mass is 32.2. The van der Waals surface area contributed by atoms with Crippen LogP contribution in [0.3, 0.4) is 0 Å². The number of carbonyl (C=O) groups is 1. The standard InChI is InChI=1S/C20H24FN3O3S/c1-22(15-17-6-5-7-18(21)14-17)16-20(25)23-10-12-24(13-11-23)28(26,27)19-8-3-2-4-9-19/h2-9,14H,10-13,15-16H2,1H3/p+1. The number of amides is 1. The van der Waals surface area contributed by atoms with Gasteiger partial charge in [0.1, 0.15) is 12.4 Å². The van der Waals surface area contributed by atoms with Crippen LogP contribution in [0.2, 0.25) is 0 Å². The van der Waals surface area contributed by atoms with Crippen LogP contribution >= 0.6 is 0 Å². The van der Waals surface area contributed by atoms with Gasteiger partial charge >= 0.3 is 0 Å². The number of likely N-dealkylation sites (N-methyl/N-ethyl adjacent to an activating group) is 1. The van der Waals surface area contributed by atoms with E-state index in [0.29, 0.717) is 19.6 Å². The Morgan fingerprint density at radius 3 is 2.36 bits per heavy atom. The Bertz CT molecular complexity index is 913. The molecule has 1 fully saturated rings. The lowest BCUT2D eigenvalue weighted by Crippen LogP contribution is -3.09. The Morgan fingerprint density at radius 1 is 1.04 bits per heavy atom. The largest absolute Gasteiger partial charge is 0.335 e. The van der Waals surface area contributed by atoms with Crippen molar-refractivity contribution in [2.24, 2.45) is 0 Å². The molecule has 2 aromatic carbocycles. The van der Waals surface area contributed by atoms with Crippen molar-refractivity contribution in [2.45, 2.75) is 11.4 Å². The molecule has 6 nitrogen and oxygen atoms in total. The summed E-state index contributed by atoms with van der Waals surface area (Å²) in [6.45, 7) is 2.14. The number of halogens is 1. The molecule has 1 aliphatic rings. The summed E-state index contributed by atoms with van der Waals surface area (Å²) >= 11 is 0. The average Bonchev–Trinajstić information content (AvgIpc) is 2.68. The number of piperazine rings is 1. The minimum absolute atomic E-state index is 0.0225. The summed E-state index contributed by atoms with van der Waals surface area (Å²) in [5.74, 6) is -0.307. The molecule has 1 N–H and O–H groups in total. The average molecular weight is 407 g/mol. The zero-order chi connectivity index (χ0) is 20.1. The Balaban J connectivity index is 1.52. The van der Waals surface area contributed by atoms with Crippen molar-refractivity contribution in [2.75, 3.05) is 39.8 Å². The van der Waals surface area contributed by atoms with E-state index >= 15 is 0 Å². The maximum Gasteiger partial charge on any atom is 0.277 e. The van der Waals surface area contributed by atoms with Crippen molar-refractivity contribution in [3.63, 3.8) is 0 Å². The summed E-state index contributed by atoms with van der Waals surface area (Å²) in [7, 11) is -1.64. The second kappa shape index (κ2) is 8.81. The lowest BCUT2D eigenvalue weighted by molar-refractivity contribution is -0.885. The smallest absolute Gasteiger partial charge is 0.277 e. The summed E-state index contributed by atoms with van der Waals surface area (Å²) in [5, 5.41) is 0. The lowest BCUT2D eigenvalue weighted by Gasteiger charge is -2.34. The van der Waals surface area contributed by atoms with Crippen molar-refractivity contribution >= 4 is 15.9 Å². The summed E-state index contributed by atoms with van der Waals surface area (Å²) in [6, 6.07) is 14.7. The predicted octanol–water partition coefficient (Wildman–Crippen LogP) is 0.374. The van der Waals surface area contributed by atoms with E-state index in [-0.39, 0.29) is 36.3 Å². The number of hydrogen-bond donors (Lipinski definition) is 1. The molecule has 0 bridgehead atoms. The molecule has 150 valence electrons. The first-order valence-electron chi connectivity index (χ1n) is 9.25. The normalized spacial score (nSPS) is 16.7. The predicted molar refractivity (Wildman–Crippen MR) is 104 cm³/mol. The van der Waals surface area contributed by atoms with Crippen LogP contribution in [0.4, 0.5) is 4.39 Å². The molecule has 1 saturated heterocycles. The Kier molecular flexibility index (Phi) is 6.43. The van der Waals surface area contributed by atoms with Crippen LogP contribution < -0.4 is 4.90 Å². The van der Waals surface area contributed by atoms with Crippen molar-refractivity contribution in [3.8, 4) is 0 Å². The van der Waals surface area contributed by atoms with Gasteiger partial charge < -0.3 is 9.80 Å². The molecule has 1 heterocycles. The SMILES string of the molecule is C[NH+](CC(=O)N1CCN(S(=O)(=O)c2ccccc2)CC1)Cc1cccc(F)c1. The third-order valence-electron chi connectivity index (χ3n) is 4.82. The molecule has 0 spiro atoms. The molecule has 3 rings (SSSR count). The van der Waals surface area contributed by atoms with Gasteiger partial charge in [-0.25, -0.2) is 12.8 Å². The summed E-state index contributed by atoms with van der Waals surface area (Å²) < 4.78 is 40.0. The highest BCUT2D eigenvalue weighted by Crippen LogP contribution is 2.17. The van der Waals surface area contributed by atoms with Gasteiger partial charge in [-0.15, -0.1) is 0 Å². The lowest BCUT2D eigenvalue weighted by atomic mass is 10.2. The zero-order valence-electron chi connectivity index (χ0n) is 15.8. The summed E-state index contributed by atoms with van der Waals surface area (Å²) in [5.41, 5.74) is 0.837. The number of quaternary nitrogens is 1.